The van der Waals surface area contributed by atoms with Gasteiger partial charge in [-0.05, 0) is 26.7 Å². The first-order chi connectivity index (χ1) is 10.0. The van der Waals surface area contributed by atoms with Crippen LogP contribution in [0.2, 0.25) is 0 Å². The van der Waals surface area contributed by atoms with Gasteiger partial charge in [0.2, 0.25) is 0 Å². The van der Waals surface area contributed by atoms with E-state index in [-0.39, 0.29) is 17.3 Å². The maximum Gasteiger partial charge on any atom is 0.332 e. The van der Waals surface area contributed by atoms with E-state index in [1.807, 2.05) is 18.4 Å². The number of fused-ring (bicyclic) bond motifs is 1. The average Bonchev–Trinajstić information content (AvgIpc) is 3.25. The molecule has 0 saturated heterocycles. The summed E-state index contributed by atoms with van der Waals surface area (Å²) >= 11 is 0. The zero-order valence-corrected chi connectivity index (χ0v) is 12.7. The molecule has 2 heterocycles. The van der Waals surface area contributed by atoms with Crippen molar-refractivity contribution in [1.29, 1.82) is 0 Å². The second-order valence-electron chi connectivity index (χ2n) is 5.76. The molecule has 0 aliphatic heterocycles. The van der Waals surface area contributed by atoms with Crippen LogP contribution in [0.5, 0.6) is 0 Å². The summed E-state index contributed by atoms with van der Waals surface area (Å²) in [4.78, 5) is 29.4. The van der Waals surface area contributed by atoms with Crippen molar-refractivity contribution in [3.05, 3.63) is 26.7 Å². The van der Waals surface area contributed by atoms with Crippen LogP contribution in [-0.4, -0.2) is 25.2 Å². The highest BCUT2D eigenvalue weighted by molar-refractivity contribution is 5.71. The molecule has 1 fully saturated rings. The van der Waals surface area contributed by atoms with E-state index in [0.29, 0.717) is 30.2 Å². The number of hydrogen-bond donors (Lipinski definition) is 1. The molecule has 21 heavy (non-hydrogen) atoms. The van der Waals surface area contributed by atoms with Gasteiger partial charge in [0.15, 0.2) is 11.2 Å². The Bertz CT molecular complexity index is 809. The fourth-order valence-electron chi connectivity index (χ4n) is 2.81. The molecule has 7 heteroatoms. The lowest BCUT2D eigenvalue weighted by molar-refractivity contribution is 0.544. The molecule has 1 unspecified atom stereocenters. The van der Waals surface area contributed by atoms with Crippen molar-refractivity contribution in [2.45, 2.75) is 45.2 Å². The molecule has 0 radical (unpaired) electrons. The topological polar surface area (TPSA) is 87.8 Å². The zero-order valence-electron chi connectivity index (χ0n) is 12.7. The molecule has 0 spiro atoms. The van der Waals surface area contributed by atoms with Gasteiger partial charge in [0.05, 0.1) is 0 Å². The van der Waals surface area contributed by atoms with Crippen LogP contribution in [0.1, 0.15) is 44.5 Å². The van der Waals surface area contributed by atoms with Crippen molar-refractivity contribution in [3.63, 3.8) is 0 Å². The molecular weight excluding hydrogens is 270 g/mol. The summed E-state index contributed by atoms with van der Waals surface area (Å²) in [6.45, 7) is 4.78. The summed E-state index contributed by atoms with van der Waals surface area (Å²) < 4.78 is 4.66. The van der Waals surface area contributed by atoms with Gasteiger partial charge in [-0.3, -0.25) is 13.9 Å². The van der Waals surface area contributed by atoms with Gasteiger partial charge in [-0.15, -0.1) is 0 Å². The predicted molar refractivity (Wildman–Crippen MR) is 80.6 cm³/mol. The highest BCUT2D eigenvalue weighted by Crippen LogP contribution is 2.41. The van der Waals surface area contributed by atoms with Crippen molar-refractivity contribution in [2.24, 2.45) is 12.8 Å². The lowest BCUT2D eigenvalue weighted by Crippen LogP contribution is -2.38. The molecule has 0 bridgehead atoms. The van der Waals surface area contributed by atoms with Crippen molar-refractivity contribution in [2.75, 3.05) is 6.54 Å². The minimum absolute atomic E-state index is 0.0129. The molecule has 0 amide bonds. The van der Waals surface area contributed by atoms with E-state index in [9.17, 15) is 9.59 Å². The lowest BCUT2D eigenvalue weighted by Gasteiger charge is -2.15. The van der Waals surface area contributed by atoms with Crippen molar-refractivity contribution < 1.29 is 0 Å². The van der Waals surface area contributed by atoms with Gasteiger partial charge < -0.3 is 10.3 Å². The molecule has 1 saturated carbocycles. The molecule has 1 atom stereocenters. The zero-order chi connectivity index (χ0) is 15.3. The first kappa shape index (κ1) is 14.1. The van der Waals surface area contributed by atoms with Crippen LogP contribution in [0.25, 0.3) is 11.2 Å². The Morgan fingerprint density at radius 1 is 1.38 bits per heavy atom. The van der Waals surface area contributed by atoms with E-state index in [0.717, 1.165) is 23.2 Å². The summed E-state index contributed by atoms with van der Waals surface area (Å²) in [6.07, 6.45) is 2.16. The van der Waals surface area contributed by atoms with Crippen LogP contribution < -0.4 is 17.0 Å². The van der Waals surface area contributed by atoms with Gasteiger partial charge >= 0.3 is 5.69 Å². The number of rotatable bonds is 4. The highest BCUT2D eigenvalue weighted by Gasteiger charge is 2.32. The Morgan fingerprint density at radius 3 is 2.57 bits per heavy atom. The van der Waals surface area contributed by atoms with Crippen LogP contribution in [0.4, 0.5) is 0 Å². The summed E-state index contributed by atoms with van der Waals surface area (Å²) in [5.41, 5.74) is 6.19. The fraction of sp³-hybridized carbons (Fsp3) is 0.643. The average molecular weight is 291 g/mol. The summed E-state index contributed by atoms with van der Waals surface area (Å²) in [5.74, 6) is 1.28. The largest absolute Gasteiger partial charge is 0.332 e. The fourth-order valence-corrected chi connectivity index (χ4v) is 2.81. The van der Waals surface area contributed by atoms with Crippen LogP contribution in [0.15, 0.2) is 9.59 Å². The van der Waals surface area contributed by atoms with Gasteiger partial charge in [0, 0.05) is 32.1 Å². The highest BCUT2D eigenvalue weighted by atomic mass is 16.2. The van der Waals surface area contributed by atoms with Crippen molar-refractivity contribution in [1.82, 2.24) is 18.7 Å². The van der Waals surface area contributed by atoms with E-state index in [4.69, 9.17) is 5.73 Å². The molecule has 7 nitrogen and oxygen atoms in total. The number of imidazole rings is 1. The first-order valence-electron chi connectivity index (χ1n) is 7.42. The third kappa shape index (κ3) is 1.95. The lowest BCUT2D eigenvalue weighted by atomic mass is 10.3. The summed E-state index contributed by atoms with van der Waals surface area (Å²) in [6, 6.07) is -0.0129. The van der Waals surface area contributed by atoms with E-state index in [2.05, 4.69) is 4.98 Å². The third-order valence-corrected chi connectivity index (χ3v) is 4.24. The molecule has 1 aliphatic rings. The molecular formula is C14H21N5O2. The van der Waals surface area contributed by atoms with Crippen LogP contribution in [0, 0.1) is 0 Å². The molecule has 2 N–H and O–H groups in total. The molecule has 114 valence electrons. The van der Waals surface area contributed by atoms with Gasteiger partial charge in [0.1, 0.15) is 5.82 Å². The number of aryl methyl sites for hydroxylation is 1. The predicted octanol–water partition coefficient (Wildman–Crippen LogP) is 0.314. The normalized spacial score (nSPS) is 16.6. The van der Waals surface area contributed by atoms with E-state index in [1.165, 1.54) is 7.05 Å². The molecule has 3 rings (SSSR count). The van der Waals surface area contributed by atoms with Gasteiger partial charge in [-0.1, -0.05) is 0 Å². The van der Waals surface area contributed by atoms with Gasteiger partial charge in [-0.2, -0.15) is 0 Å². The summed E-state index contributed by atoms with van der Waals surface area (Å²) in [5, 5.41) is 0. The smallest absolute Gasteiger partial charge is 0.328 e. The molecule has 1 aliphatic carbocycles. The minimum Gasteiger partial charge on any atom is -0.328 e. The SMILES string of the molecule is CCn1c(=O)n(C)c(=O)c2c1nc(C1CC1)n2C(C)CN. The number of nitrogens with two attached hydrogens (primary N) is 1. The van der Waals surface area contributed by atoms with E-state index >= 15 is 0 Å². The van der Waals surface area contributed by atoms with Gasteiger partial charge in [-0.25, -0.2) is 9.78 Å². The van der Waals surface area contributed by atoms with E-state index < -0.39 is 0 Å². The number of nitrogens with zero attached hydrogens (tertiary/aromatic N) is 4. The Hall–Kier alpha value is -1.89. The monoisotopic (exact) mass is 291 g/mol. The standard InChI is InChI=1S/C14H21N5O2/c1-4-18-12-10(13(20)17(3)14(18)21)19(8(2)7-15)11(16-12)9-5-6-9/h8-9H,4-7,15H2,1-3H3. The van der Waals surface area contributed by atoms with E-state index in [1.54, 1.807) is 4.57 Å². The first-order valence-corrected chi connectivity index (χ1v) is 7.42. The molecule has 0 aromatic carbocycles. The van der Waals surface area contributed by atoms with Gasteiger partial charge in [0.25, 0.3) is 5.56 Å². The number of hydrogen-bond acceptors (Lipinski definition) is 4. The van der Waals surface area contributed by atoms with Crippen LogP contribution >= 0.6 is 0 Å². The maximum absolute atomic E-state index is 12.6. The Labute approximate surface area is 122 Å². The Balaban J connectivity index is 2.48. The Kier molecular flexibility index (Phi) is 3.24. The second kappa shape index (κ2) is 4.84. The Morgan fingerprint density at radius 2 is 2.05 bits per heavy atom. The van der Waals surface area contributed by atoms with Crippen LogP contribution in [-0.2, 0) is 13.6 Å². The second-order valence-corrected chi connectivity index (χ2v) is 5.76. The molecule has 2 aromatic heterocycles. The maximum atomic E-state index is 12.6. The summed E-state index contributed by atoms with van der Waals surface area (Å²) in [7, 11) is 1.51. The van der Waals surface area contributed by atoms with Crippen LogP contribution in [0.3, 0.4) is 0 Å². The third-order valence-electron chi connectivity index (χ3n) is 4.24. The van der Waals surface area contributed by atoms with Crippen molar-refractivity contribution in [3.8, 4) is 0 Å². The minimum atomic E-state index is -0.317. The number of aromatic nitrogens is 4. The quantitative estimate of drug-likeness (QED) is 0.878. The van der Waals surface area contributed by atoms with Crippen molar-refractivity contribution >= 4 is 11.2 Å². The molecule has 2 aromatic rings.